The number of aromatic nitrogens is 1. The minimum absolute atomic E-state index is 0. The van der Waals surface area contributed by atoms with E-state index in [1.165, 1.54) is 18.4 Å². The van der Waals surface area contributed by atoms with Crippen molar-refractivity contribution in [3.63, 3.8) is 0 Å². The van der Waals surface area contributed by atoms with E-state index in [0.717, 1.165) is 10.8 Å². The van der Waals surface area contributed by atoms with Crippen LogP contribution in [0, 0.1) is 0 Å². The van der Waals surface area contributed by atoms with Gasteiger partial charge in [0.15, 0.2) is 11.1 Å². The Morgan fingerprint density at radius 2 is 2.05 bits per heavy atom. The van der Waals surface area contributed by atoms with Gasteiger partial charge in [-0.2, -0.15) is 13.2 Å². The molecule has 0 atom stereocenters. The summed E-state index contributed by atoms with van der Waals surface area (Å²) >= 11 is 1.50. The van der Waals surface area contributed by atoms with Crippen LogP contribution in [0.5, 0.6) is 0 Å². The summed E-state index contributed by atoms with van der Waals surface area (Å²) in [5, 5.41) is 8.30. The van der Waals surface area contributed by atoms with Crippen molar-refractivity contribution in [2.75, 3.05) is 32.6 Å². The lowest BCUT2D eigenvalue weighted by Gasteiger charge is -2.12. The average Bonchev–Trinajstić information content (AvgIpc) is 2.81. The molecule has 21 heavy (non-hydrogen) atoms. The summed E-state index contributed by atoms with van der Waals surface area (Å²) in [4.78, 5) is 10.1. The van der Waals surface area contributed by atoms with Crippen LogP contribution in [0.25, 0.3) is 0 Å². The topological polar surface area (TPSA) is 52.6 Å². The fraction of sp³-hybridized carbons (Fsp3) is 0.636. The Kier molecular flexibility index (Phi) is 8.94. The molecule has 122 valence electrons. The lowest BCUT2D eigenvalue weighted by atomic mass is 10.4. The summed E-state index contributed by atoms with van der Waals surface area (Å²) in [6.07, 6.45) is -5.06. The third-order valence-corrected chi connectivity index (χ3v) is 3.34. The molecule has 1 rings (SSSR count). The predicted octanol–water partition coefficient (Wildman–Crippen LogP) is 2.44. The number of aliphatic imine (C=N–C) groups is 1. The molecule has 0 spiro atoms. The van der Waals surface area contributed by atoms with Crippen molar-refractivity contribution in [2.24, 2.45) is 4.99 Å². The molecule has 2 N–H and O–H groups in total. The highest BCUT2D eigenvalue weighted by molar-refractivity contribution is 14.0. The van der Waals surface area contributed by atoms with Crippen LogP contribution < -0.4 is 15.5 Å². The highest BCUT2D eigenvalue weighted by Gasteiger charge is 2.26. The Hall–Kier alpha value is -0.780. The van der Waals surface area contributed by atoms with Gasteiger partial charge in [-0.05, 0) is 0 Å². The molecule has 0 aliphatic carbocycles. The monoisotopic (exact) mass is 437 g/mol. The van der Waals surface area contributed by atoms with Crippen LogP contribution in [-0.4, -0.2) is 44.8 Å². The molecule has 0 radical (unpaired) electrons. The molecule has 10 heteroatoms. The van der Waals surface area contributed by atoms with Crippen LogP contribution in [-0.2, 0) is 6.54 Å². The van der Waals surface area contributed by atoms with Crippen LogP contribution in [0.3, 0.4) is 0 Å². The number of hydrogen-bond donors (Lipinski definition) is 2. The molecular weight excluding hydrogens is 418 g/mol. The molecular formula is C11H19F3IN5S. The first-order chi connectivity index (χ1) is 9.31. The SMILES string of the molecule is CN=C(NCCC(F)(F)F)NCc1csc(N(C)C)n1.I. The van der Waals surface area contributed by atoms with Crippen LogP contribution in [0.15, 0.2) is 10.4 Å². The van der Waals surface area contributed by atoms with Crippen molar-refractivity contribution in [3.8, 4) is 0 Å². The summed E-state index contributed by atoms with van der Waals surface area (Å²) in [6.45, 7) is 0.208. The molecule has 1 aromatic rings. The minimum Gasteiger partial charge on any atom is -0.356 e. The van der Waals surface area contributed by atoms with Gasteiger partial charge in [0, 0.05) is 33.1 Å². The van der Waals surface area contributed by atoms with E-state index < -0.39 is 12.6 Å². The zero-order valence-corrected chi connectivity index (χ0v) is 15.1. The van der Waals surface area contributed by atoms with E-state index in [9.17, 15) is 13.2 Å². The number of halogens is 4. The number of alkyl halides is 3. The third-order valence-electron chi connectivity index (χ3n) is 2.28. The Labute approximate surface area is 143 Å². The molecule has 0 saturated heterocycles. The van der Waals surface area contributed by atoms with Gasteiger partial charge in [-0.1, -0.05) is 0 Å². The van der Waals surface area contributed by atoms with Gasteiger partial charge in [0.1, 0.15) is 0 Å². The van der Waals surface area contributed by atoms with Gasteiger partial charge in [-0.3, -0.25) is 4.99 Å². The minimum atomic E-state index is -4.17. The zero-order valence-electron chi connectivity index (χ0n) is 12.0. The molecule has 0 aliphatic heterocycles. The summed E-state index contributed by atoms with van der Waals surface area (Å²) in [5.41, 5.74) is 0.817. The molecule has 0 aliphatic rings. The van der Waals surface area contributed by atoms with E-state index in [4.69, 9.17) is 0 Å². The quantitative estimate of drug-likeness (QED) is 0.422. The third kappa shape index (κ3) is 8.29. The van der Waals surface area contributed by atoms with Gasteiger partial charge in [-0.15, -0.1) is 35.3 Å². The van der Waals surface area contributed by atoms with Gasteiger partial charge in [0.2, 0.25) is 0 Å². The van der Waals surface area contributed by atoms with Crippen molar-refractivity contribution in [1.29, 1.82) is 0 Å². The van der Waals surface area contributed by atoms with E-state index in [2.05, 4.69) is 20.6 Å². The first-order valence-electron chi connectivity index (χ1n) is 5.95. The second kappa shape index (κ2) is 9.28. The number of hydrogen-bond acceptors (Lipinski definition) is 4. The number of nitrogens with zero attached hydrogens (tertiary/aromatic N) is 3. The molecule has 0 amide bonds. The predicted molar refractivity (Wildman–Crippen MR) is 90.7 cm³/mol. The highest BCUT2D eigenvalue weighted by atomic mass is 127. The maximum atomic E-state index is 12.0. The smallest absolute Gasteiger partial charge is 0.356 e. The van der Waals surface area contributed by atoms with Crippen LogP contribution in [0.1, 0.15) is 12.1 Å². The first-order valence-corrected chi connectivity index (χ1v) is 6.83. The first kappa shape index (κ1) is 20.2. The number of rotatable bonds is 5. The number of guanidine groups is 1. The normalized spacial score (nSPS) is 11.8. The molecule has 0 fully saturated rings. The van der Waals surface area contributed by atoms with E-state index >= 15 is 0 Å². The second-order valence-corrected chi connectivity index (χ2v) is 5.07. The molecule has 0 saturated carbocycles. The van der Waals surface area contributed by atoms with Crippen LogP contribution in [0.2, 0.25) is 0 Å². The summed E-state index contributed by atoms with van der Waals surface area (Å²) < 4.78 is 36.1. The molecule has 0 aromatic carbocycles. The zero-order chi connectivity index (χ0) is 15.2. The largest absolute Gasteiger partial charge is 0.390 e. The number of nitrogens with one attached hydrogen (secondary N) is 2. The fourth-order valence-electron chi connectivity index (χ4n) is 1.30. The van der Waals surface area contributed by atoms with Gasteiger partial charge < -0.3 is 15.5 Å². The van der Waals surface area contributed by atoms with Crippen molar-refractivity contribution in [3.05, 3.63) is 11.1 Å². The van der Waals surface area contributed by atoms with E-state index in [1.54, 1.807) is 0 Å². The lowest BCUT2D eigenvalue weighted by molar-refractivity contribution is -0.132. The van der Waals surface area contributed by atoms with Gasteiger partial charge in [0.25, 0.3) is 0 Å². The van der Waals surface area contributed by atoms with Gasteiger partial charge in [-0.25, -0.2) is 4.98 Å². The van der Waals surface area contributed by atoms with Crippen LogP contribution in [0.4, 0.5) is 18.3 Å². The van der Waals surface area contributed by atoms with Crippen molar-refractivity contribution in [2.45, 2.75) is 19.1 Å². The van der Waals surface area contributed by atoms with Crippen molar-refractivity contribution < 1.29 is 13.2 Å². The van der Waals surface area contributed by atoms with Gasteiger partial charge in [0.05, 0.1) is 18.7 Å². The highest BCUT2D eigenvalue weighted by Crippen LogP contribution is 2.18. The molecule has 0 unspecified atom stereocenters. The Morgan fingerprint density at radius 1 is 1.38 bits per heavy atom. The Morgan fingerprint density at radius 3 is 2.52 bits per heavy atom. The Bertz CT molecular complexity index is 447. The van der Waals surface area contributed by atoms with E-state index in [-0.39, 0.29) is 30.5 Å². The van der Waals surface area contributed by atoms with E-state index in [1.807, 2.05) is 24.4 Å². The number of anilines is 1. The Balaban J connectivity index is 0.00000400. The maximum Gasteiger partial charge on any atom is 0.390 e. The van der Waals surface area contributed by atoms with Crippen molar-refractivity contribution >= 4 is 46.4 Å². The van der Waals surface area contributed by atoms with Crippen LogP contribution >= 0.6 is 35.3 Å². The molecule has 0 bridgehead atoms. The standard InChI is InChI=1S/C11H18F3N5S.HI/c1-15-9(16-5-4-11(12,13)14)17-6-8-7-20-10(18-8)19(2)3;/h7H,4-6H2,1-3H3,(H2,15,16,17);1H. The number of thiazole rings is 1. The fourth-order valence-corrected chi connectivity index (χ4v) is 2.06. The van der Waals surface area contributed by atoms with Gasteiger partial charge >= 0.3 is 6.18 Å². The summed E-state index contributed by atoms with van der Waals surface area (Å²) in [5.74, 6) is 0.327. The van der Waals surface area contributed by atoms with E-state index in [0.29, 0.717) is 12.5 Å². The summed E-state index contributed by atoms with van der Waals surface area (Å²) in [7, 11) is 5.30. The van der Waals surface area contributed by atoms with Crippen molar-refractivity contribution in [1.82, 2.24) is 15.6 Å². The lowest BCUT2D eigenvalue weighted by Crippen LogP contribution is -2.38. The maximum absolute atomic E-state index is 12.0. The molecule has 1 aromatic heterocycles. The molecule has 5 nitrogen and oxygen atoms in total. The summed E-state index contributed by atoms with van der Waals surface area (Å²) in [6, 6.07) is 0. The second-order valence-electron chi connectivity index (χ2n) is 4.23. The molecule has 1 heterocycles. The average molecular weight is 437 g/mol.